The van der Waals surface area contributed by atoms with Gasteiger partial charge in [0, 0.05) is 12.0 Å². The summed E-state index contributed by atoms with van der Waals surface area (Å²) in [6.07, 6.45) is 1.65. The monoisotopic (exact) mass is 534 g/mol. The SMILES string of the molecule is CC(C)CCOc1cccc(C2C(=C([O-])c3ccc4c(c3)CC(C)O4)C(=O)C(=O)N2CC[NH+]2CCOCC2)c1. The fourth-order valence-corrected chi connectivity index (χ4v) is 5.54. The molecule has 3 aliphatic rings. The van der Waals surface area contributed by atoms with Gasteiger partial charge >= 0.3 is 0 Å². The van der Waals surface area contributed by atoms with E-state index in [2.05, 4.69) is 13.8 Å². The third-order valence-electron chi connectivity index (χ3n) is 7.73. The van der Waals surface area contributed by atoms with Gasteiger partial charge in [0.15, 0.2) is 0 Å². The molecule has 2 atom stereocenters. The van der Waals surface area contributed by atoms with Crippen LogP contribution in [0.15, 0.2) is 48.0 Å². The van der Waals surface area contributed by atoms with Gasteiger partial charge in [0.25, 0.3) is 5.91 Å². The van der Waals surface area contributed by atoms with E-state index in [0.717, 1.165) is 30.8 Å². The molecule has 8 nitrogen and oxygen atoms in total. The van der Waals surface area contributed by atoms with Gasteiger partial charge in [-0.15, -0.1) is 0 Å². The second kappa shape index (κ2) is 11.8. The molecule has 1 N–H and O–H groups in total. The predicted octanol–water partition coefficient (Wildman–Crippen LogP) is 1.57. The van der Waals surface area contributed by atoms with Crippen LogP contribution in [-0.4, -0.2) is 68.7 Å². The second-order valence-corrected chi connectivity index (χ2v) is 11.1. The Hall–Kier alpha value is -3.36. The van der Waals surface area contributed by atoms with Crippen LogP contribution in [0.1, 0.15) is 49.9 Å². The lowest BCUT2D eigenvalue weighted by Crippen LogP contribution is -3.14. The summed E-state index contributed by atoms with van der Waals surface area (Å²) >= 11 is 0. The normalized spacial score (nSPS) is 22.8. The minimum Gasteiger partial charge on any atom is -0.872 e. The van der Waals surface area contributed by atoms with E-state index in [1.54, 1.807) is 23.1 Å². The molecule has 3 heterocycles. The first kappa shape index (κ1) is 27.2. The number of rotatable bonds is 9. The number of morpholine rings is 1. The highest BCUT2D eigenvalue weighted by molar-refractivity contribution is 6.46. The van der Waals surface area contributed by atoms with Gasteiger partial charge in [0.2, 0.25) is 5.78 Å². The van der Waals surface area contributed by atoms with Gasteiger partial charge in [-0.3, -0.25) is 9.59 Å². The number of benzene rings is 2. The number of hydrogen-bond acceptors (Lipinski definition) is 6. The van der Waals surface area contributed by atoms with Crippen LogP contribution in [0.4, 0.5) is 0 Å². The largest absolute Gasteiger partial charge is 0.872 e. The standard InChI is InChI=1S/C31H38N2O6/c1-20(2)9-14-38-25-6-4-5-22(19-25)28-27(29(34)23-7-8-26-24(18-23)17-21(3)39-26)30(35)31(36)33(28)11-10-32-12-15-37-16-13-32/h4-8,18-21,28,34H,9-17H2,1-3H3. The Morgan fingerprint density at radius 2 is 1.95 bits per heavy atom. The molecule has 0 spiro atoms. The number of carbonyl (C=O) groups excluding carboxylic acids is 2. The van der Waals surface area contributed by atoms with Crippen molar-refractivity contribution < 1.29 is 33.8 Å². The van der Waals surface area contributed by atoms with E-state index in [9.17, 15) is 14.7 Å². The maximum atomic E-state index is 13.9. The quantitative estimate of drug-likeness (QED) is 0.298. The molecule has 2 aromatic rings. The van der Waals surface area contributed by atoms with E-state index in [4.69, 9.17) is 14.2 Å². The van der Waals surface area contributed by atoms with Crippen LogP contribution < -0.4 is 19.5 Å². The number of nitrogens with one attached hydrogen (secondary N) is 1. The maximum Gasteiger partial charge on any atom is 0.295 e. The highest BCUT2D eigenvalue weighted by Gasteiger charge is 2.44. The lowest BCUT2D eigenvalue weighted by atomic mass is 9.94. The number of ketones is 1. The van der Waals surface area contributed by atoms with Crippen molar-refractivity contribution in [3.8, 4) is 11.5 Å². The number of carbonyl (C=O) groups is 2. The van der Waals surface area contributed by atoms with Gasteiger partial charge in [-0.2, -0.15) is 0 Å². The van der Waals surface area contributed by atoms with Crippen molar-refractivity contribution in [1.82, 2.24) is 4.90 Å². The van der Waals surface area contributed by atoms with Crippen LogP contribution in [-0.2, 0) is 20.7 Å². The van der Waals surface area contributed by atoms with Crippen LogP contribution in [0, 0.1) is 5.92 Å². The summed E-state index contributed by atoms with van der Waals surface area (Å²) in [5.74, 6) is 0.172. The molecule has 5 rings (SSSR count). The van der Waals surface area contributed by atoms with Crippen molar-refractivity contribution in [3.63, 3.8) is 0 Å². The summed E-state index contributed by atoms with van der Waals surface area (Å²) in [6.45, 7) is 10.9. The molecule has 2 saturated heterocycles. The first-order valence-electron chi connectivity index (χ1n) is 14.0. The molecule has 0 bridgehead atoms. The summed E-state index contributed by atoms with van der Waals surface area (Å²) in [5.41, 5.74) is 2.05. The Morgan fingerprint density at radius 3 is 2.72 bits per heavy atom. The first-order chi connectivity index (χ1) is 18.8. The molecule has 1 amide bonds. The summed E-state index contributed by atoms with van der Waals surface area (Å²) < 4.78 is 17.2. The van der Waals surface area contributed by atoms with Gasteiger partial charge in [0.05, 0.1) is 39.0 Å². The molecule has 2 fully saturated rings. The molecule has 8 heteroatoms. The van der Waals surface area contributed by atoms with Crippen LogP contribution in [0.25, 0.3) is 5.76 Å². The number of quaternary nitrogens is 1. The number of hydrogen-bond donors (Lipinski definition) is 1. The Bertz CT molecular complexity index is 1250. The molecule has 2 aromatic carbocycles. The third kappa shape index (κ3) is 5.97. The lowest BCUT2D eigenvalue weighted by Gasteiger charge is -2.30. The Morgan fingerprint density at radius 1 is 1.15 bits per heavy atom. The summed E-state index contributed by atoms with van der Waals surface area (Å²) in [4.78, 5) is 29.7. The van der Waals surface area contributed by atoms with Crippen LogP contribution in [0.5, 0.6) is 11.5 Å². The van der Waals surface area contributed by atoms with E-state index < -0.39 is 23.5 Å². The predicted molar refractivity (Wildman–Crippen MR) is 144 cm³/mol. The molecule has 0 radical (unpaired) electrons. The number of nitrogens with zero attached hydrogens (tertiary/aromatic N) is 1. The minimum atomic E-state index is -0.769. The van der Waals surface area contributed by atoms with Crippen molar-refractivity contribution in [1.29, 1.82) is 0 Å². The maximum absolute atomic E-state index is 13.9. The van der Waals surface area contributed by atoms with Crippen LogP contribution in [0.3, 0.4) is 0 Å². The average Bonchev–Trinajstić information content (AvgIpc) is 3.42. The molecule has 39 heavy (non-hydrogen) atoms. The van der Waals surface area contributed by atoms with E-state index in [1.807, 2.05) is 31.2 Å². The molecular formula is C31H38N2O6. The number of amides is 1. The number of fused-ring (bicyclic) bond motifs is 1. The molecule has 0 saturated carbocycles. The first-order valence-corrected chi connectivity index (χ1v) is 14.0. The second-order valence-electron chi connectivity index (χ2n) is 11.1. The topological polar surface area (TPSA) is 92.6 Å². The Balaban J connectivity index is 1.50. The Labute approximate surface area is 230 Å². The zero-order valence-corrected chi connectivity index (χ0v) is 23.0. The van der Waals surface area contributed by atoms with Crippen molar-refractivity contribution in [2.45, 2.75) is 45.8 Å². The van der Waals surface area contributed by atoms with Crippen LogP contribution >= 0.6 is 0 Å². The summed E-state index contributed by atoms with van der Waals surface area (Å²) in [7, 11) is 0. The molecule has 2 unspecified atom stereocenters. The summed E-state index contributed by atoms with van der Waals surface area (Å²) in [5, 5.41) is 13.9. The minimum absolute atomic E-state index is 0.00298. The zero-order chi connectivity index (χ0) is 27.5. The molecule has 3 aliphatic heterocycles. The van der Waals surface area contributed by atoms with Crippen LogP contribution in [0.2, 0.25) is 0 Å². The Kier molecular flexibility index (Phi) is 8.23. The van der Waals surface area contributed by atoms with Gasteiger partial charge in [-0.05, 0) is 60.2 Å². The van der Waals surface area contributed by atoms with E-state index in [-0.39, 0.29) is 11.7 Å². The van der Waals surface area contributed by atoms with E-state index in [1.165, 1.54) is 4.90 Å². The number of Topliss-reactive ketones (excluding diaryl/α,β-unsaturated/α-hetero) is 1. The van der Waals surface area contributed by atoms with Gasteiger partial charge in [-0.1, -0.05) is 37.8 Å². The van der Waals surface area contributed by atoms with Crippen molar-refractivity contribution in [2.24, 2.45) is 5.92 Å². The smallest absolute Gasteiger partial charge is 0.295 e. The fourth-order valence-electron chi connectivity index (χ4n) is 5.54. The fraction of sp³-hybridized carbons (Fsp3) is 0.484. The van der Waals surface area contributed by atoms with Crippen molar-refractivity contribution >= 4 is 17.4 Å². The number of likely N-dealkylation sites (tertiary alicyclic amines) is 1. The summed E-state index contributed by atoms with van der Waals surface area (Å²) in [6, 6.07) is 12.0. The van der Waals surface area contributed by atoms with Gasteiger partial charge < -0.3 is 29.1 Å². The van der Waals surface area contributed by atoms with Gasteiger partial charge in [0.1, 0.15) is 30.7 Å². The number of ether oxygens (including phenoxy) is 3. The van der Waals surface area contributed by atoms with Gasteiger partial charge in [-0.25, -0.2) is 0 Å². The molecule has 208 valence electrons. The van der Waals surface area contributed by atoms with E-state index >= 15 is 0 Å². The highest BCUT2D eigenvalue weighted by Crippen LogP contribution is 2.40. The molecule has 0 aliphatic carbocycles. The highest BCUT2D eigenvalue weighted by atomic mass is 16.5. The van der Waals surface area contributed by atoms with Crippen molar-refractivity contribution in [3.05, 3.63) is 64.7 Å². The van der Waals surface area contributed by atoms with Crippen molar-refractivity contribution in [2.75, 3.05) is 46.0 Å². The third-order valence-corrected chi connectivity index (χ3v) is 7.73. The lowest BCUT2D eigenvalue weighted by molar-refractivity contribution is -0.907. The van der Waals surface area contributed by atoms with E-state index in [0.29, 0.717) is 62.1 Å². The zero-order valence-electron chi connectivity index (χ0n) is 23.0. The molecular weight excluding hydrogens is 496 g/mol. The molecule has 0 aromatic heterocycles. The average molecular weight is 535 g/mol.